The third kappa shape index (κ3) is 4.03. The van der Waals surface area contributed by atoms with Gasteiger partial charge in [-0.2, -0.15) is 0 Å². The number of hydrogen-bond acceptors (Lipinski definition) is 3. The molecule has 1 amide bonds. The van der Waals surface area contributed by atoms with Crippen molar-refractivity contribution in [3.05, 3.63) is 0 Å². The summed E-state index contributed by atoms with van der Waals surface area (Å²) in [5, 5.41) is 10.5. The van der Waals surface area contributed by atoms with Gasteiger partial charge >= 0.3 is 18.9 Å². The molecule has 0 atom stereocenters. The number of hydrogen-bond donors (Lipinski definition) is 0. The summed E-state index contributed by atoms with van der Waals surface area (Å²) >= 11 is 0. The molecule has 2 rings (SSSR count). The van der Waals surface area contributed by atoms with Gasteiger partial charge in [0.05, 0.1) is 0 Å². The average molecular weight is 245 g/mol. The van der Waals surface area contributed by atoms with Gasteiger partial charge in [-0.15, -0.1) is 0 Å². The first kappa shape index (κ1) is 15.6. The van der Waals surface area contributed by atoms with E-state index in [2.05, 4.69) is 0 Å². The second kappa shape index (κ2) is 6.63. The van der Waals surface area contributed by atoms with Gasteiger partial charge in [-0.3, -0.25) is 4.79 Å². The third-order valence-electron chi connectivity index (χ3n) is 4.09. The van der Waals surface area contributed by atoms with Crippen LogP contribution in [-0.2, 0) is 9.59 Å². The molecule has 0 radical (unpaired) electrons. The van der Waals surface area contributed by atoms with E-state index in [4.69, 9.17) is 0 Å². The molecular formula is C13H20LiNO3. The van der Waals surface area contributed by atoms with Gasteiger partial charge in [0, 0.05) is 25.0 Å². The first-order chi connectivity index (χ1) is 8.08. The zero-order valence-electron chi connectivity index (χ0n) is 11.4. The maximum absolute atomic E-state index is 11.9. The van der Waals surface area contributed by atoms with Crippen LogP contribution >= 0.6 is 0 Å². The number of carboxylic acids is 1. The monoisotopic (exact) mass is 245 g/mol. The second-order valence-electron chi connectivity index (χ2n) is 5.47. The Kier molecular flexibility index (Phi) is 5.74. The standard InChI is InChI=1S/C13H21NO3.Li/c1-14(13(17)10-4-5-10)11-6-2-9(3-7-11)8-12(15)16;/h9-11H,2-8H2,1H3,(H,15,16);/q;+1/p-1. The zero-order valence-corrected chi connectivity index (χ0v) is 11.4. The van der Waals surface area contributed by atoms with Crippen molar-refractivity contribution in [3.8, 4) is 0 Å². The Hall–Kier alpha value is -0.463. The molecule has 96 valence electrons. The summed E-state index contributed by atoms with van der Waals surface area (Å²) in [6, 6.07) is 0.320. The smallest absolute Gasteiger partial charge is 0.550 e. The molecule has 0 bridgehead atoms. The van der Waals surface area contributed by atoms with Gasteiger partial charge in [-0.1, -0.05) is 0 Å². The molecule has 0 aliphatic heterocycles. The Labute approximate surface area is 120 Å². The fraction of sp³-hybridized carbons (Fsp3) is 0.846. The van der Waals surface area contributed by atoms with Gasteiger partial charge < -0.3 is 14.8 Å². The largest absolute Gasteiger partial charge is 1.00 e. The molecule has 2 aliphatic carbocycles. The van der Waals surface area contributed by atoms with Gasteiger partial charge in [0.25, 0.3) is 0 Å². The van der Waals surface area contributed by atoms with Crippen molar-refractivity contribution in [3.63, 3.8) is 0 Å². The number of amides is 1. The number of rotatable bonds is 4. The molecule has 5 heteroatoms. The van der Waals surface area contributed by atoms with Crippen LogP contribution in [0.15, 0.2) is 0 Å². The molecule has 2 aliphatic rings. The van der Waals surface area contributed by atoms with E-state index in [0.717, 1.165) is 38.5 Å². The molecule has 0 aromatic rings. The second-order valence-corrected chi connectivity index (χ2v) is 5.47. The van der Waals surface area contributed by atoms with Gasteiger partial charge in [0.15, 0.2) is 0 Å². The van der Waals surface area contributed by atoms with E-state index in [1.54, 1.807) is 0 Å². The first-order valence-corrected chi connectivity index (χ1v) is 6.54. The molecule has 0 heterocycles. The Bertz CT molecular complexity index is 309. The van der Waals surface area contributed by atoms with Crippen LogP contribution in [0.4, 0.5) is 0 Å². The predicted molar refractivity (Wildman–Crippen MR) is 60.9 cm³/mol. The summed E-state index contributed by atoms with van der Waals surface area (Å²) in [5.74, 6) is -0.133. The topological polar surface area (TPSA) is 60.4 Å². The van der Waals surface area contributed by atoms with Crippen molar-refractivity contribution in [2.45, 2.75) is 51.0 Å². The molecule has 18 heavy (non-hydrogen) atoms. The fourth-order valence-corrected chi connectivity index (χ4v) is 2.77. The minimum atomic E-state index is -0.948. The summed E-state index contributed by atoms with van der Waals surface area (Å²) in [6.45, 7) is 0. The third-order valence-corrected chi connectivity index (χ3v) is 4.09. The van der Waals surface area contributed by atoms with Gasteiger partial charge in [0.2, 0.25) is 5.91 Å². The maximum Gasteiger partial charge on any atom is 1.00 e. The van der Waals surface area contributed by atoms with E-state index in [0.29, 0.717) is 6.04 Å². The van der Waals surface area contributed by atoms with Gasteiger partial charge in [-0.25, -0.2) is 0 Å². The van der Waals surface area contributed by atoms with Crippen molar-refractivity contribution in [2.24, 2.45) is 11.8 Å². The van der Waals surface area contributed by atoms with Crippen LogP contribution < -0.4 is 24.0 Å². The van der Waals surface area contributed by atoms with E-state index in [1.807, 2.05) is 11.9 Å². The molecule has 0 N–H and O–H groups in total. The minimum Gasteiger partial charge on any atom is -0.550 e. The van der Waals surface area contributed by atoms with Crippen LogP contribution in [0.1, 0.15) is 44.9 Å². The number of nitrogens with zero attached hydrogens (tertiary/aromatic N) is 1. The van der Waals surface area contributed by atoms with Gasteiger partial charge in [-0.05, 0) is 50.9 Å². The fourth-order valence-electron chi connectivity index (χ4n) is 2.77. The van der Waals surface area contributed by atoms with Crippen LogP contribution in [-0.4, -0.2) is 29.9 Å². The van der Waals surface area contributed by atoms with Crippen molar-refractivity contribution >= 4 is 11.9 Å². The predicted octanol–water partition coefficient (Wildman–Crippen LogP) is -2.44. The summed E-state index contributed by atoms with van der Waals surface area (Å²) in [5.41, 5.74) is 0. The number of carbonyl (C=O) groups excluding carboxylic acids is 2. The van der Waals surface area contributed by atoms with Crippen LogP contribution in [0.25, 0.3) is 0 Å². The van der Waals surface area contributed by atoms with Crippen LogP contribution in [0.5, 0.6) is 0 Å². The number of aliphatic carboxylic acids is 1. The molecule has 0 saturated heterocycles. The van der Waals surface area contributed by atoms with E-state index < -0.39 is 5.97 Å². The van der Waals surface area contributed by atoms with E-state index in [1.165, 1.54) is 0 Å². The quantitative estimate of drug-likeness (QED) is 0.517. The molecule has 2 fully saturated rings. The Balaban J connectivity index is 0.00000162. The van der Waals surface area contributed by atoms with E-state index in [9.17, 15) is 14.7 Å². The zero-order chi connectivity index (χ0) is 12.4. The SMILES string of the molecule is CN(C(=O)C1CC1)C1CCC(CC(=O)[O-])CC1.[Li+]. The van der Waals surface area contributed by atoms with Crippen molar-refractivity contribution in [1.82, 2.24) is 4.90 Å². The van der Waals surface area contributed by atoms with Crippen molar-refractivity contribution < 1.29 is 33.6 Å². The average Bonchev–Trinajstić information content (AvgIpc) is 3.11. The van der Waals surface area contributed by atoms with Crippen molar-refractivity contribution in [1.29, 1.82) is 0 Å². The molecule has 0 aromatic heterocycles. The van der Waals surface area contributed by atoms with Crippen LogP contribution in [0.3, 0.4) is 0 Å². The molecule has 0 spiro atoms. The number of carboxylic acid groups (broad SMARTS) is 1. The summed E-state index contributed by atoms with van der Waals surface area (Å²) in [4.78, 5) is 24.3. The maximum atomic E-state index is 11.9. The molecule has 0 aromatic carbocycles. The Morgan fingerprint density at radius 1 is 1.11 bits per heavy atom. The van der Waals surface area contributed by atoms with Gasteiger partial charge in [0.1, 0.15) is 0 Å². The molecule has 4 nitrogen and oxygen atoms in total. The van der Waals surface area contributed by atoms with Crippen LogP contribution in [0, 0.1) is 11.8 Å². The summed E-state index contributed by atoms with van der Waals surface area (Å²) < 4.78 is 0. The van der Waals surface area contributed by atoms with E-state index >= 15 is 0 Å². The first-order valence-electron chi connectivity index (χ1n) is 6.54. The number of carbonyl (C=O) groups is 2. The van der Waals surface area contributed by atoms with Crippen molar-refractivity contribution in [2.75, 3.05) is 7.05 Å². The Morgan fingerprint density at radius 2 is 1.67 bits per heavy atom. The van der Waals surface area contributed by atoms with Crippen LogP contribution in [0.2, 0.25) is 0 Å². The summed E-state index contributed by atoms with van der Waals surface area (Å²) in [6.07, 6.45) is 5.95. The minimum absolute atomic E-state index is 0. The molecule has 2 saturated carbocycles. The molecule has 0 unspecified atom stereocenters. The molecular weight excluding hydrogens is 225 g/mol. The van der Waals surface area contributed by atoms with E-state index in [-0.39, 0.29) is 43.0 Å². The normalized spacial score (nSPS) is 27.2. The Morgan fingerprint density at radius 3 is 2.11 bits per heavy atom. The summed E-state index contributed by atoms with van der Waals surface area (Å²) in [7, 11) is 1.89.